The second-order valence-electron chi connectivity index (χ2n) is 8.10. The van der Waals surface area contributed by atoms with Crippen molar-refractivity contribution in [2.75, 3.05) is 5.32 Å². The number of aromatic nitrogens is 6. The molecule has 0 aliphatic rings. The van der Waals surface area contributed by atoms with Crippen molar-refractivity contribution in [2.24, 2.45) is 0 Å². The van der Waals surface area contributed by atoms with E-state index in [9.17, 15) is 4.79 Å². The van der Waals surface area contributed by atoms with Gasteiger partial charge < -0.3 is 5.32 Å². The minimum Gasteiger partial charge on any atom is -0.321 e. The second-order valence-corrected chi connectivity index (χ2v) is 8.10. The normalized spacial score (nSPS) is 11.3. The summed E-state index contributed by atoms with van der Waals surface area (Å²) in [5.74, 6) is 0.429. The topological polar surface area (TPSA) is 90.5 Å². The molecule has 0 bridgehead atoms. The van der Waals surface area contributed by atoms with Gasteiger partial charge in [-0.25, -0.2) is 19.3 Å². The fourth-order valence-electron chi connectivity index (χ4n) is 3.78. The Labute approximate surface area is 190 Å². The Hall–Kier alpha value is -4.33. The zero-order valence-electron chi connectivity index (χ0n) is 18.6. The molecule has 8 heteroatoms. The molecule has 0 spiro atoms. The van der Waals surface area contributed by atoms with Crippen molar-refractivity contribution >= 4 is 22.6 Å². The molecular formula is C25H23N7O. The maximum absolute atomic E-state index is 13.4. The van der Waals surface area contributed by atoms with Crippen molar-refractivity contribution < 1.29 is 4.79 Å². The summed E-state index contributed by atoms with van der Waals surface area (Å²) in [7, 11) is 0. The maximum atomic E-state index is 13.4. The van der Waals surface area contributed by atoms with Crippen LogP contribution in [0.5, 0.6) is 0 Å². The molecule has 8 nitrogen and oxygen atoms in total. The molecule has 0 fully saturated rings. The Morgan fingerprint density at radius 1 is 1.03 bits per heavy atom. The van der Waals surface area contributed by atoms with Crippen molar-refractivity contribution in [3.8, 4) is 17.1 Å². The number of anilines is 1. The molecule has 1 N–H and O–H groups in total. The SMILES string of the molecule is Cc1ccccc1-c1cc(C(=O)Nc2ccc(-n3cccn3)nc2)c2cnn(C(C)C)c2n1. The van der Waals surface area contributed by atoms with Crippen LogP contribution in [0.2, 0.25) is 0 Å². The van der Waals surface area contributed by atoms with Crippen molar-refractivity contribution in [1.82, 2.24) is 29.5 Å². The Bertz CT molecular complexity index is 1430. The average Bonchev–Trinajstić information content (AvgIpc) is 3.49. The van der Waals surface area contributed by atoms with Crippen LogP contribution in [0.15, 0.2) is 73.3 Å². The lowest BCUT2D eigenvalue weighted by molar-refractivity contribution is 0.102. The quantitative estimate of drug-likeness (QED) is 0.426. The van der Waals surface area contributed by atoms with Crippen LogP contribution in [0.25, 0.3) is 28.1 Å². The fraction of sp³-hybridized carbons (Fsp3) is 0.160. The van der Waals surface area contributed by atoms with E-state index < -0.39 is 0 Å². The van der Waals surface area contributed by atoms with E-state index >= 15 is 0 Å². The molecule has 5 rings (SSSR count). The number of rotatable bonds is 5. The first-order valence-electron chi connectivity index (χ1n) is 10.7. The van der Waals surface area contributed by atoms with Crippen LogP contribution in [0, 0.1) is 6.92 Å². The molecule has 164 valence electrons. The van der Waals surface area contributed by atoms with Gasteiger partial charge in [0.15, 0.2) is 11.5 Å². The van der Waals surface area contributed by atoms with E-state index in [0.29, 0.717) is 28.1 Å². The number of carbonyl (C=O) groups is 1. The molecule has 0 unspecified atom stereocenters. The number of hydrogen-bond donors (Lipinski definition) is 1. The van der Waals surface area contributed by atoms with Gasteiger partial charge in [0.1, 0.15) is 0 Å². The summed E-state index contributed by atoms with van der Waals surface area (Å²) in [6.45, 7) is 6.12. The molecule has 1 aromatic carbocycles. The Balaban J connectivity index is 1.55. The zero-order valence-corrected chi connectivity index (χ0v) is 18.6. The van der Waals surface area contributed by atoms with Gasteiger partial charge in [0, 0.05) is 24.0 Å². The van der Waals surface area contributed by atoms with Crippen LogP contribution in [0.1, 0.15) is 35.8 Å². The lowest BCUT2D eigenvalue weighted by atomic mass is 10.0. The van der Waals surface area contributed by atoms with Crippen LogP contribution in [0.4, 0.5) is 5.69 Å². The van der Waals surface area contributed by atoms with Gasteiger partial charge in [-0.1, -0.05) is 24.3 Å². The summed E-state index contributed by atoms with van der Waals surface area (Å²) in [6, 6.07) is 15.4. The Kier molecular flexibility index (Phi) is 5.18. The number of amides is 1. The van der Waals surface area contributed by atoms with Gasteiger partial charge >= 0.3 is 0 Å². The molecule has 0 atom stereocenters. The first-order valence-corrected chi connectivity index (χ1v) is 10.7. The number of fused-ring (bicyclic) bond motifs is 1. The Morgan fingerprint density at radius 3 is 2.58 bits per heavy atom. The largest absolute Gasteiger partial charge is 0.321 e. The lowest BCUT2D eigenvalue weighted by Gasteiger charge is -2.12. The van der Waals surface area contributed by atoms with Gasteiger partial charge in [-0.3, -0.25) is 4.79 Å². The molecule has 0 aliphatic heterocycles. The van der Waals surface area contributed by atoms with Gasteiger partial charge in [-0.2, -0.15) is 10.2 Å². The summed E-state index contributed by atoms with van der Waals surface area (Å²) in [4.78, 5) is 22.6. The summed E-state index contributed by atoms with van der Waals surface area (Å²) < 4.78 is 3.50. The number of carbonyl (C=O) groups excluding carboxylic acids is 1. The highest BCUT2D eigenvalue weighted by Gasteiger charge is 2.19. The van der Waals surface area contributed by atoms with Crippen molar-refractivity contribution in [3.05, 3.63) is 84.4 Å². The molecule has 5 aromatic rings. The smallest absolute Gasteiger partial charge is 0.256 e. The van der Waals surface area contributed by atoms with Gasteiger partial charge in [0.05, 0.1) is 34.7 Å². The van der Waals surface area contributed by atoms with Gasteiger partial charge in [-0.15, -0.1) is 0 Å². The van der Waals surface area contributed by atoms with Crippen LogP contribution in [-0.2, 0) is 0 Å². The van der Waals surface area contributed by atoms with Crippen molar-refractivity contribution in [3.63, 3.8) is 0 Å². The summed E-state index contributed by atoms with van der Waals surface area (Å²) in [5.41, 5.74) is 4.60. The maximum Gasteiger partial charge on any atom is 0.256 e. The van der Waals surface area contributed by atoms with Crippen LogP contribution >= 0.6 is 0 Å². The van der Waals surface area contributed by atoms with E-state index in [1.54, 1.807) is 35.4 Å². The van der Waals surface area contributed by atoms with E-state index in [-0.39, 0.29) is 11.9 Å². The monoisotopic (exact) mass is 437 g/mol. The number of nitrogens with zero attached hydrogens (tertiary/aromatic N) is 6. The lowest BCUT2D eigenvalue weighted by Crippen LogP contribution is -2.14. The number of pyridine rings is 2. The third-order valence-electron chi connectivity index (χ3n) is 5.47. The van der Waals surface area contributed by atoms with Gasteiger partial charge in [0.25, 0.3) is 5.91 Å². The standard InChI is InChI=1S/C25H23N7O/c1-16(2)32-24-21(15-28-32)20(13-22(30-24)19-8-5-4-7-17(19)3)25(33)29-18-9-10-23(26-14-18)31-12-6-11-27-31/h4-16H,1-3H3,(H,29,33). The highest BCUT2D eigenvalue weighted by atomic mass is 16.1. The zero-order chi connectivity index (χ0) is 22.9. The molecule has 4 aromatic heterocycles. The highest BCUT2D eigenvalue weighted by Crippen LogP contribution is 2.28. The predicted molar refractivity (Wildman–Crippen MR) is 127 cm³/mol. The van der Waals surface area contributed by atoms with Crippen LogP contribution in [-0.4, -0.2) is 35.4 Å². The first kappa shape index (κ1) is 20.6. The minimum atomic E-state index is -0.242. The third-order valence-corrected chi connectivity index (χ3v) is 5.47. The van der Waals surface area contributed by atoms with E-state index in [2.05, 4.69) is 20.5 Å². The number of benzene rings is 1. The van der Waals surface area contributed by atoms with E-state index in [1.807, 2.05) is 68.0 Å². The highest BCUT2D eigenvalue weighted by molar-refractivity contribution is 6.12. The minimum absolute atomic E-state index is 0.108. The van der Waals surface area contributed by atoms with Gasteiger partial charge in [0.2, 0.25) is 0 Å². The molecule has 0 saturated heterocycles. The van der Waals surface area contributed by atoms with Crippen molar-refractivity contribution in [2.45, 2.75) is 26.8 Å². The number of aryl methyl sites for hydroxylation is 1. The average molecular weight is 438 g/mol. The first-order chi connectivity index (χ1) is 16.0. The molecule has 0 aliphatic carbocycles. The molecule has 0 saturated carbocycles. The summed E-state index contributed by atoms with van der Waals surface area (Å²) in [6.07, 6.45) is 6.83. The van der Waals surface area contributed by atoms with Crippen molar-refractivity contribution in [1.29, 1.82) is 0 Å². The van der Waals surface area contributed by atoms with Gasteiger partial charge in [-0.05, 0) is 50.6 Å². The molecule has 33 heavy (non-hydrogen) atoms. The summed E-state index contributed by atoms with van der Waals surface area (Å²) >= 11 is 0. The predicted octanol–water partition coefficient (Wildman–Crippen LogP) is 4.82. The van der Waals surface area contributed by atoms with Crippen LogP contribution < -0.4 is 5.32 Å². The number of hydrogen-bond acceptors (Lipinski definition) is 5. The van der Waals surface area contributed by atoms with E-state index in [1.165, 1.54) is 0 Å². The second kappa shape index (κ2) is 8.31. The summed E-state index contributed by atoms with van der Waals surface area (Å²) in [5, 5.41) is 12.3. The fourth-order valence-corrected chi connectivity index (χ4v) is 3.78. The Morgan fingerprint density at radius 2 is 1.88 bits per heavy atom. The number of nitrogens with one attached hydrogen (secondary N) is 1. The third kappa shape index (κ3) is 3.87. The molecule has 4 heterocycles. The molecular weight excluding hydrogens is 414 g/mol. The molecule has 1 amide bonds. The van der Waals surface area contributed by atoms with E-state index in [4.69, 9.17) is 4.98 Å². The van der Waals surface area contributed by atoms with E-state index in [0.717, 1.165) is 16.8 Å². The molecule has 0 radical (unpaired) electrons. The van der Waals surface area contributed by atoms with Crippen LogP contribution in [0.3, 0.4) is 0 Å².